The summed E-state index contributed by atoms with van der Waals surface area (Å²) in [7, 11) is 0. The molecule has 0 fully saturated rings. The van der Waals surface area contributed by atoms with Crippen LogP contribution in [-0.2, 0) is 6.61 Å². The lowest BCUT2D eigenvalue weighted by Gasteiger charge is -2.08. The highest BCUT2D eigenvalue weighted by atomic mass is 79.9. The second-order valence-electron chi connectivity index (χ2n) is 5.26. The fraction of sp³-hybridized carbons (Fsp3) is 0.0500. The van der Waals surface area contributed by atoms with E-state index in [0.717, 1.165) is 21.5 Å². The van der Waals surface area contributed by atoms with Gasteiger partial charge in [0.2, 0.25) is 0 Å². The smallest absolute Gasteiger partial charge is 0.255 e. The molecule has 4 heteroatoms. The van der Waals surface area contributed by atoms with Gasteiger partial charge in [0.05, 0.1) is 0 Å². The van der Waals surface area contributed by atoms with Gasteiger partial charge in [-0.05, 0) is 54.1 Å². The molecule has 0 bridgehead atoms. The van der Waals surface area contributed by atoms with Crippen molar-refractivity contribution in [2.24, 2.45) is 0 Å². The summed E-state index contributed by atoms with van der Waals surface area (Å²) in [5, 5.41) is 2.87. The number of para-hydroxylation sites is 1. The first-order valence-electron chi connectivity index (χ1n) is 7.54. The summed E-state index contributed by atoms with van der Waals surface area (Å²) in [5.74, 6) is 0.686. The predicted molar refractivity (Wildman–Crippen MR) is 99.3 cm³/mol. The van der Waals surface area contributed by atoms with Crippen molar-refractivity contribution in [2.75, 3.05) is 5.32 Å². The van der Waals surface area contributed by atoms with Gasteiger partial charge in [-0.3, -0.25) is 4.79 Å². The van der Waals surface area contributed by atoms with Gasteiger partial charge in [-0.15, -0.1) is 0 Å². The number of amides is 1. The van der Waals surface area contributed by atoms with Gasteiger partial charge in [0, 0.05) is 15.7 Å². The molecule has 3 rings (SSSR count). The molecular formula is C20H16BrNO2. The lowest BCUT2D eigenvalue weighted by Crippen LogP contribution is -2.11. The maximum atomic E-state index is 12.2. The molecule has 0 aliphatic rings. The average molecular weight is 382 g/mol. The largest absolute Gasteiger partial charge is 0.489 e. The van der Waals surface area contributed by atoms with E-state index in [1.807, 2.05) is 66.7 Å². The fourth-order valence-electron chi connectivity index (χ4n) is 2.17. The normalized spacial score (nSPS) is 10.2. The van der Waals surface area contributed by atoms with E-state index in [2.05, 4.69) is 21.2 Å². The number of hydrogen-bond acceptors (Lipinski definition) is 2. The van der Waals surface area contributed by atoms with E-state index in [4.69, 9.17) is 4.74 Å². The summed E-state index contributed by atoms with van der Waals surface area (Å²) < 4.78 is 6.74. The van der Waals surface area contributed by atoms with E-state index in [1.54, 1.807) is 12.1 Å². The Kier molecular flexibility index (Phi) is 5.29. The molecule has 0 radical (unpaired) electrons. The Balaban J connectivity index is 1.58. The van der Waals surface area contributed by atoms with Gasteiger partial charge in [0.1, 0.15) is 12.4 Å². The molecule has 3 aromatic rings. The third-order valence-corrected chi connectivity index (χ3v) is 4.00. The van der Waals surface area contributed by atoms with Crippen LogP contribution in [0.2, 0.25) is 0 Å². The van der Waals surface area contributed by atoms with Crippen molar-refractivity contribution >= 4 is 27.5 Å². The van der Waals surface area contributed by atoms with Gasteiger partial charge in [-0.1, -0.05) is 46.3 Å². The van der Waals surface area contributed by atoms with Gasteiger partial charge in [-0.2, -0.15) is 0 Å². The van der Waals surface area contributed by atoms with Gasteiger partial charge in [0.15, 0.2) is 0 Å². The first-order valence-corrected chi connectivity index (χ1v) is 8.34. The number of rotatable bonds is 5. The summed E-state index contributed by atoms with van der Waals surface area (Å²) >= 11 is 3.39. The SMILES string of the molecule is O=C(Nc1ccccc1)c1ccc(COc2ccc(Br)cc2)cc1. The number of halogens is 1. The molecule has 24 heavy (non-hydrogen) atoms. The third-order valence-electron chi connectivity index (χ3n) is 3.47. The van der Waals surface area contributed by atoms with Crippen LogP contribution in [0, 0.1) is 0 Å². The Bertz CT molecular complexity index is 799. The molecule has 0 aliphatic heterocycles. The number of hydrogen-bond donors (Lipinski definition) is 1. The number of carbonyl (C=O) groups is 1. The zero-order valence-corrected chi connectivity index (χ0v) is 14.5. The van der Waals surface area contributed by atoms with Crippen molar-refractivity contribution in [1.29, 1.82) is 0 Å². The average Bonchev–Trinajstić information content (AvgIpc) is 2.62. The minimum atomic E-state index is -0.124. The first-order chi connectivity index (χ1) is 11.7. The van der Waals surface area contributed by atoms with Crippen molar-refractivity contribution in [1.82, 2.24) is 0 Å². The summed E-state index contributed by atoms with van der Waals surface area (Å²) in [6.07, 6.45) is 0. The quantitative estimate of drug-likeness (QED) is 0.652. The molecule has 1 N–H and O–H groups in total. The lowest BCUT2D eigenvalue weighted by atomic mass is 10.1. The molecule has 0 saturated heterocycles. The van der Waals surface area contributed by atoms with E-state index in [9.17, 15) is 4.79 Å². The minimum Gasteiger partial charge on any atom is -0.489 e. The molecule has 0 saturated carbocycles. The molecule has 120 valence electrons. The topological polar surface area (TPSA) is 38.3 Å². The van der Waals surface area contributed by atoms with Crippen molar-refractivity contribution < 1.29 is 9.53 Å². The Hall–Kier alpha value is -2.59. The van der Waals surface area contributed by atoms with Crippen LogP contribution in [0.3, 0.4) is 0 Å². The summed E-state index contributed by atoms with van der Waals surface area (Å²) in [6.45, 7) is 0.461. The van der Waals surface area contributed by atoms with Gasteiger partial charge in [0.25, 0.3) is 5.91 Å². The highest BCUT2D eigenvalue weighted by molar-refractivity contribution is 9.10. The third kappa shape index (κ3) is 4.46. The van der Waals surface area contributed by atoms with E-state index in [1.165, 1.54) is 0 Å². The summed E-state index contributed by atoms with van der Waals surface area (Å²) in [4.78, 5) is 12.2. The summed E-state index contributed by atoms with van der Waals surface area (Å²) in [6, 6.07) is 24.5. The van der Waals surface area contributed by atoms with Crippen molar-refractivity contribution in [3.05, 3.63) is 94.5 Å². The molecule has 0 unspecified atom stereocenters. The Labute approximate surface area is 149 Å². The fourth-order valence-corrected chi connectivity index (χ4v) is 2.44. The summed E-state index contributed by atoms with van der Waals surface area (Å²) in [5.41, 5.74) is 2.41. The van der Waals surface area contributed by atoms with Crippen LogP contribution < -0.4 is 10.1 Å². The van der Waals surface area contributed by atoms with Crippen molar-refractivity contribution in [3.63, 3.8) is 0 Å². The zero-order valence-electron chi connectivity index (χ0n) is 12.9. The highest BCUT2D eigenvalue weighted by Crippen LogP contribution is 2.17. The molecular weight excluding hydrogens is 366 g/mol. The van der Waals surface area contributed by atoms with Crippen LogP contribution >= 0.6 is 15.9 Å². The molecule has 0 spiro atoms. The van der Waals surface area contributed by atoms with Crippen LogP contribution in [0.1, 0.15) is 15.9 Å². The Morgan fingerprint density at radius 2 is 1.54 bits per heavy atom. The van der Waals surface area contributed by atoms with E-state index in [-0.39, 0.29) is 5.91 Å². The Morgan fingerprint density at radius 1 is 0.875 bits per heavy atom. The van der Waals surface area contributed by atoms with Crippen LogP contribution in [0.15, 0.2) is 83.3 Å². The second-order valence-corrected chi connectivity index (χ2v) is 6.18. The van der Waals surface area contributed by atoms with E-state index < -0.39 is 0 Å². The van der Waals surface area contributed by atoms with E-state index in [0.29, 0.717) is 12.2 Å². The minimum absolute atomic E-state index is 0.124. The zero-order chi connectivity index (χ0) is 16.8. The Morgan fingerprint density at radius 3 is 2.21 bits per heavy atom. The van der Waals surface area contributed by atoms with Crippen molar-refractivity contribution in [2.45, 2.75) is 6.61 Å². The maximum Gasteiger partial charge on any atom is 0.255 e. The highest BCUT2D eigenvalue weighted by Gasteiger charge is 2.06. The maximum absolute atomic E-state index is 12.2. The van der Waals surface area contributed by atoms with Gasteiger partial charge in [-0.25, -0.2) is 0 Å². The van der Waals surface area contributed by atoms with Crippen LogP contribution in [0.5, 0.6) is 5.75 Å². The standard InChI is InChI=1S/C20H16BrNO2/c21-17-10-12-19(13-11-17)24-14-15-6-8-16(9-7-15)20(23)22-18-4-2-1-3-5-18/h1-13H,14H2,(H,22,23). The number of ether oxygens (including phenoxy) is 1. The molecule has 1 amide bonds. The van der Waals surface area contributed by atoms with E-state index >= 15 is 0 Å². The first kappa shape index (κ1) is 16.3. The van der Waals surface area contributed by atoms with Crippen LogP contribution in [-0.4, -0.2) is 5.91 Å². The molecule has 3 nitrogen and oxygen atoms in total. The predicted octanol–water partition coefficient (Wildman–Crippen LogP) is 5.28. The molecule has 0 atom stereocenters. The van der Waals surface area contributed by atoms with Crippen LogP contribution in [0.4, 0.5) is 5.69 Å². The molecule has 0 heterocycles. The lowest BCUT2D eigenvalue weighted by molar-refractivity contribution is 0.102. The molecule has 3 aromatic carbocycles. The number of nitrogens with one attached hydrogen (secondary N) is 1. The number of benzene rings is 3. The van der Waals surface area contributed by atoms with Gasteiger partial charge < -0.3 is 10.1 Å². The monoisotopic (exact) mass is 381 g/mol. The molecule has 0 aliphatic carbocycles. The molecule has 0 aromatic heterocycles. The number of anilines is 1. The van der Waals surface area contributed by atoms with Crippen molar-refractivity contribution in [3.8, 4) is 5.75 Å². The van der Waals surface area contributed by atoms with Gasteiger partial charge >= 0.3 is 0 Å². The number of carbonyl (C=O) groups excluding carboxylic acids is 1. The van der Waals surface area contributed by atoms with Crippen LogP contribution in [0.25, 0.3) is 0 Å². The second kappa shape index (κ2) is 7.79.